The van der Waals surface area contributed by atoms with Crippen LogP contribution in [-0.2, 0) is 0 Å². The Morgan fingerprint density at radius 2 is 1.77 bits per heavy atom. The Bertz CT molecular complexity index is 1930. The molecule has 0 aliphatic carbocycles. The third kappa shape index (κ3) is 4.28. The Morgan fingerprint density at radius 3 is 2.58 bits per heavy atom. The molecule has 1 fully saturated rings. The van der Waals surface area contributed by atoms with Gasteiger partial charge in [-0.2, -0.15) is 0 Å². The van der Waals surface area contributed by atoms with Crippen LogP contribution in [0.3, 0.4) is 0 Å². The van der Waals surface area contributed by atoms with E-state index >= 15 is 0 Å². The van der Waals surface area contributed by atoms with Crippen molar-refractivity contribution in [2.24, 2.45) is 0 Å². The summed E-state index contributed by atoms with van der Waals surface area (Å²) >= 11 is 3.56. The number of hydrogen-bond donors (Lipinski definition) is 2. The molecule has 11 heteroatoms. The molecule has 10 nitrogen and oxygen atoms in total. The van der Waals surface area contributed by atoms with Crippen LogP contribution in [0.15, 0.2) is 82.3 Å². The fraction of sp³-hybridized carbons (Fsp3) is 0.172. The summed E-state index contributed by atoms with van der Waals surface area (Å²) in [7, 11) is 0. The number of nitrogen functional groups attached to an aromatic ring is 1. The minimum Gasteiger partial charge on any atom is -0.383 e. The molecule has 0 radical (unpaired) electrons. The average Bonchev–Trinajstić information content (AvgIpc) is 3.32. The fourth-order valence-electron chi connectivity index (χ4n) is 5.52. The monoisotopic (exact) mass is 593 g/mol. The van der Waals surface area contributed by atoms with Crippen LogP contribution in [0.1, 0.15) is 18.9 Å². The summed E-state index contributed by atoms with van der Waals surface area (Å²) in [5.41, 5.74) is 11.6. The van der Waals surface area contributed by atoms with Gasteiger partial charge in [-0.1, -0.05) is 40.2 Å². The first-order valence-electron chi connectivity index (χ1n) is 13.0. The number of benzene rings is 2. The zero-order chi connectivity index (χ0) is 27.2. The number of fused-ring (bicyclic) bond motifs is 2. The van der Waals surface area contributed by atoms with Gasteiger partial charge in [-0.15, -0.1) is 10.2 Å². The van der Waals surface area contributed by atoms with Crippen LogP contribution in [0.5, 0.6) is 0 Å². The van der Waals surface area contributed by atoms with Gasteiger partial charge in [0.2, 0.25) is 0 Å². The molecule has 6 aromatic rings. The van der Waals surface area contributed by atoms with Crippen LogP contribution in [0.2, 0.25) is 0 Å². The first-order chi connectivity index (χ1) is 19.5. The van der Waals surface area contributed by atoms with Crippen LogP contribution in [0.25, 0.3) is 44.6 Å². The van der Waals surface area contributed by atoms with Crippen molar-refractivity contribution in [1.29, 1.82) is 0 Å². The molecule has 198 valence electrons. The second-order valence-electron chi connectivity index (χ2n) is 9.84. The number of H-pyrrole nitrogens is 1. The molecule has 0 spiro atoms. The van der Waals surface area contributed by atoms with Gasteiger partial charge in [-0.3, -0.25) is 4.57 Å². The molecule has 7 rings (SSSR count). The Morgan fingerprint density at radius 1 is 0.925 bits per heavy atom. The predicted octanol–water partition coefficient (Wildman–Crippen LogP) is 4.98. The zero-order valence-electron chi connectivity index (χ0n) is 21.3. The van der Waals surface area contributed by atoms with E-state index in [1.165, 1.54) is 6.33 Å². The molecule has 3 N–H and O–H groups in total. The van der Waals surface area contributed by atoms with Gasteiger partial charge in [-0.25, -0.2) is 19.7 Å². The first kappa shape index (κ1) is 24.4. The van der Waals surface area contributed by atoms with Gasteiger partial charge < -0.3 is 15.6 Å². The van der Waals surface area contributed by atoms with Gasteiger partial charge in [0.15, 0.2) is 11.5 Å². The third-order valence-electron chi connectivity index (χ3n) is 7.46. The predicted molar refractivity (Wildman–Crippen MR) is 159 cm³/mol. The smallest absolute Gasteiger partial charge is 0.326 e. The van der Waals surface area contributed by atoms with E-state index in [4.69, 9.17) is 10.7 Å². The zero-order valence-corrected chi connectivity index (χ0v) is 22.9. The average molecular weight is 594 g/mol. The molecule has 0 amide bonds. The van der Waals surface area contributed by atoms with Crippen molar-refractivity contribution >= 4 is 49.6 Å². The number of nitrogens with one attached hydrogen (secondary N) is 1. The van der Waals surface area contributed by atoms with Gasteiger partial charge in [0, 0.05) is 23.6 Å². The van der Waals surface area contributed by atoms with Crippen LogP contribution < -0.4 is 16.3 Å². The number of halogens is 1. The van der Waals surface area contributed by atoms with Gasteiger partial charge >= 0.3 is 5.69 Å². The molecular formula is C29H24BrN9O. The van der Waals surface area contributed by atoms with E-state index in [0.29, 0.717) is 28.2 Å². The van der Waals surface area contributed by atoms with E-state index in [-0.39, 0.29) is 11.7 Å². The minimum atomic E-state index is -0.0547. The Kier molecular flexibility index (Phi) is 6.00. The lowest BCUT2D eigenvalue weighted by Crippen LogP contribution is -2.37. The number of anilines is 2. The van der Waals surface area contributed by atoms with Crippen molar-refractivity contribution in [3.8, 4) is 22.5 Å². The SMILES string of the molecule is Nc1ncnc2nc(-c3ccc(N4CCC(n5c(=O)[nH]c6ccccc65)CC4)nn3)cc(-c3cccc(Br)c3)c12. The standard InChI is InChI=1S/C29H24BrN9O/c30-18-5-3-4-17(14-18)20-15-23(34-28-26(20)27(31)32-16-33-28)21-8-9-25(37-36-21)38-12-10-19(11-13-38)39-24-7-2-1-6-22(24)35-29(39)40/h1-9,14-16,19H,10-13H2,(H,35,40)(H2,31,32,33,34). The number of imidazole rings is 1. The molecule has 4 aromatic heterocycles. The molecule has 1 aliphatic rings. The number of nitrogens with zero attached hydrogens (tertiary/aromatic N) is 7. The van der Waals surface area contributed by atoms with E-state index in [1.54, 1.807) is 0 Å². The summed E-state index contributed by atoms with van der Waals surface area (Å²) in [5.74, 6) is 1.17. The van der Waals surface area contributed by atoms with Gasteiger partial charge in [0.1, 0.15) is 17.8 Å². The highest BCUT2D eigenvalue weighted by atomic mass is 79.9. The lowest BCUT2D eigenvalue weighted by atomic mass is 10.0. The van der Waals surface area contributed by atoms with E-state index in [2.05, 4.69) is 46.0 Å². The fourth-order valence-corrected chi connectivity index (χ4v) is 5.92. The number of rotatable bonds is 4. The van der Waals surface area contributed by atoms with Crippen molar-refractivity contribution in [2.75, 3.05) is 23.7 Å². The Hall–Kier alpha value is -4.64. The maximum atomic E-state index is 12.6. The quantitative estimate of drug-likeness (QED) is 0.292. The molecule has 0 atom stereocenters. The lowest BCUT2D eigenvalue weighted by Gasteiger charge is -2.33. The van der Waals surface area contributed by atoms with Crippen LogP contribution in [0.4, 0.5) is 11.6 Å². The molecule has 0 unspecified atom stereocenters. The second-order valence-corrected chi connectivity index (χ2v) is 10.8. The first-order valence-corrected chi connectivity index (χ1v) is 13.8. The Balaban J connectivity index is 1.16. The highest BCUT2D eigenvalue weighted by Crippen LogP contribution is 2.34. The number of para-hydroxylation sites is 2. The van der Waals surface area contributed by atoms with Crippen molar-refractivity contribution in [3.05, 3.63) is 88.0 Å². The highest BCUT2D eigenvalue weighted by Gasteiger charge is 2.24. The van der Waals surface area contributed by atoms with E-state index < -0.39 is 0 Å². The van der Waals surface area contributed by atoms with Crippen molar-refractivity contribution < 1.29 is 0 Å². The summed E-state index contributed by atoms with van der Waals surface area (Å²) in [4.78, 5) is 31.1. The molecule has 40 heavy (non-hydrogen) atoms. The summed E-state index contributed by atoms with van der Waals surface area (Å²) < 4.78 is 2.85. The highest BCUT2D eigenvalue weighted by molar-refractivity contribution is 9.10. The van der Waals surface area contributed by atoms with E-state index in [9.17, 15) is 4.79 Å². The molecule has 1 saturated heterocycles. The minimum absolute atomic E-state index is 0.0547. The van der Waals surface area contributed by atoms with Gasteiger partial charge in [0.25, 0.3) is 0 Å². The summed E-state index contributed by atoms with van der Waals surface area (Å²) in [6, 6.07) is 21.8. The topological polar surface area (TPSA) is 131 Å². The summed E-state index contributed by atoms with van der Waals surface area (Å²) in [6.45, 7) is 1.56. The maximum Gasteiger partial charge on any atom is 0.326 e. The van der Waals surface area contributed by atoms with Crippen molar-refractivity contribution in [2.45, 2.75) is 18.9 Å². The molecular weight excluding hydrogens is 570 g/mol. The van der Waals surface area contributed by atoms with Crippen molar-refractivity contribution in [1.82, 2.24) is 34.7 Å². The normalized spacial score (nSPS) is 14.3. The van der Waals surface area contributed by atoms with E-state index in [1.807, 2.05) is 71.3 Å². The van der Waals surface area contributed by atoms with Gasteiger partial charge in [-0.05, 0) is 66.4 Å². The van der Waals surface area contributed by atoms with Crippen LogP contribution in [-0.4, -0.2) is 47.8 Å². The van der Waals surface area contributed by atoms with Crippen LogP contribution >= 0.6 is 15.9 Å². The largest absolute Gasteiger partial charge is 0.383 e. The number of piperidine rings is 1. The van der Waals surface area contributed by atoms with Crippen molar-refractivity contribution in [3.63, 3.8) is 0 Å². The van der Waals surface area contributed by atoms with Crippen LogP contribution in [0, 0.1) is 0 Å². The molecule has 5 heterocycles. The lowest BCUT2D eigenvalue weighted by molar-refractivity contribution is 0.395. The molecule has 1 aliphatic heterocycles. The number of aromatic amines is 1. The Labute approximate surface area is 237 Å². The molecule has 2 aromatic carbocycles. The molecule has 0 bridgehead atoms. The number of pyridine rings is 1. The number of hydrogen-bond acceptors (Lipinski definition) is 8. The van der Waals surface area contributed by atoms with Gasteiger partial charge in [0.05, 0.1) is 22.1 Å². The second kappa shape index (κ2) is 9.83. The third-order valence-corrected chi connectivity index (χ3v) is 7.95. The summed E-state index contributed by atoms with van der Waals surface area (Å²) in [5, 5.41) is 9.78. The summed E-state index contributed by atoms with van der Waals surface area (Å²) in [6.07, 6.45) is 3.10. The number of nitrogens with two attached hydrogens (primary N) is 1. The number of aromatic nitrogens is 7. The maximum absolute atomic E-state index is 12.6. The molecule has 0 saturated carbocycles. The van der Waals surface area contributed by atoms with E-state index in [0.717, 1.165) is 58.4 Å².